The van der Waals surface area contributed by atoms with E-state index >= 15 is 0 Å². The molecule has 0 aliphatic rings. The minimum absolute atomic E-state index is 0.298. The Morgan fingerprint density at radius 1 is 1.16 bits per heavy atom. The highest BCUT2D eigenvalue weighted by atomic mass is 79.9. The van der Waals surface area contributed by atoms with E-state index in [1.807, 2.05) is 13.0 Å². The first-order chi connectivity index (χ1) is 17.7. The van der Waals surface area contributed by atoms with Crippen LogP contribution in [0.3, 0.4) is 0 Å². The Hall–Kier alpha value is -3.57. The van der Waals surface area contributed by atoms with Crippen LogP contribution in [-0.2, 0) is 4.79 Å². The predicted molar refractivity (Wildman–Crippen MR) is 147 cm³/mol. The molecule has 4 rings (SSSR count). The number of halogens is 3. The van der Waals surface area contributed by atoms with Gasteiger partial charge in [-0.3, -0.25) is 9.59 Å². The van der Waals surface area contributed by atoms with E-state index in [4.69, 9.17) is 9.47 Å². The number of nitrogens with zero attached hydrogens (tertiary/aromatic N) is 3. The highest BCUT2D eigenvalue weighted by Gasteiger charge is 2.15. The van der Waals surface area contributed by atoms with Crippen LogP contribution in [0.25, 0.3) is 10.9 Å². The molecular weight excluding hydrogens is 611 g/mol. The lowest BCUT2D eigenvalue weighted by molar-refractivity contribution is -0.118. The molecule has 1 aromatic heterocycles. The van der Waals surface area contributed by atoms with Crippen LogP contribution < -0.4 is 20.3 Å². The number of rotatable bonds is 8. The summed E-state index contributed by atoms with van der Waals surface area (Å²) in [7, 11) is 0. The van der Waals surface area contributed by atoms with E-state index < -0.39 is 11.7 Å². The molecule has 0 spiro atoms. The number of nitrogens with one attached hydrogen (secondary N) is 1. The van der Waals surface area contributed by atoms with Gasteiger partial charge in [-0.2, -0.15) is 9.78 Å². The molecule has 0 unspecified atom stereocenters. The van der Waals surface area contributed by atoms with Crippen molar-refractivity contribution >= 4 is 60.6 Å². The smallest absolute Gasteiger partial charge is 0.282 e. The molecule has 190 valence electrons. The number of hydrogen-bond donors (Lipinski definition) is 1. The molecule has 0 aliphatic heterocycles. The Labute approximate surface area is 228 Å². The minimum atomic E-state index is -0.462. The molecular formula is C26H21Br2FN4O4. The van der Waals surface area contributed by atoms with Gasteiger partial charge in [-0.15, -0.1) is 0 Å². The van der Waals surface area contributed by atoms with Crippen LogP contribution in [0.5, 0.6) is 11.5 Å². The van der Waals surface area contributed by atoms with Crippen LogP contribution in [0, 0.1) is 12.7 Å². The van der Waals surface area contributed by atoms with Crippen molar-refractivity contribution < 1.29 is 18.7 Å². The van der Waals surface area contributed by atoms with Crippen molar-refractivity contribution in [2.45, 2.75) is 13.8 Å². The fourth-order valence-corrected chi connectivity index (χ4v) is 4.42. The third-order valence-corrected chi connectivity index (χ3v) is 6.16. The topological polar surface area (TPSA) is 94.8 Å². The Morgan fingerprint density at radius 3 is 2.73 bits per heavy atom. The molecule has 4 aromatic rings. The molecule has 0 atom stereocenters. The van der Waals surface area contributed by atoms with Crippen LogP contribution in [0.4, 0.5) is 10.1 Å². The van der Waals surface area contributed by atoms with Crippen LogP contribution >= 0.6 is 31.9 Å². The van der Waals surface area contributed by atoms with E-state index in [2.05, 4.69) is 47.3 Å². The quantitative estimate of drug-likeness (QED) is 0.253. The Kier molecular flexibility index (Phi) is 8.34. The van der Waals surface area contributed by atoms with Gasteiger partial charge < -0.3 is 14.8 Å². The largest absolute Gasteiger partial charge is 0.490 e. The highest BCUT2D eigenvalue weighted by Crippen LogP contribution is 2.36. The molecule has 3 aromatic carbocycles. The number of aromatic nitrogens is 2. The fraction of sp³-hybridized carbons (Fsp3) is 0.154. The minimum Gasteiger partial charge on any atom is -0.490 e. The molecule has 1 amide bonds. The molecule has 1 heterocycles. The van der Waals surface area contributed by atoms with Gasteiger partial charge in [0, 0.05) is 10.2 Å². The Morgan fingerprint density at radius 2 is 1.97 bits per heavy atom. The van der Waals surface area contributed by atoms with Crippen molar-refractivity contribution in [3.05, 3.63) is 91.1 Å². The lowest BCUT2D eigenvalue weighted by atomic mass is 10.2. The van der Waals surface area contributed by atoms with Gasteiger partial charge in [0.25, 0.3) is 11.5 Å². The van der Waals surface area contributed by atoms with Gasteiger partial charge in [0.15, 0.2) is 18.1 Å². The molecule has 0 aliphatic carbocycles. The first kappa shape index (κ1) is 26.5. The number of ether oxygens (including phenoxy) is 2. The normalized spacial score (nSPS) is 11.2. The zero-order chi connectivity index (χ0) is 26.5. The first-order valence-corrected chi connectivity index (χ1v) is 12.7. The zero-order valence-electron chi connectivity index (χ0n) is 19.8. The average molecular weight is 632 g/mol. The fourth-order valence-electron chi connectivity index (χ4n) is 3.49. The number of hydrogen-bond acceptors (Lipinski definition) is 6. The third kappa shape index (κ3) is 6.41. The second-order valence-electron chi connectivity index (χ2n) is 7.79. The van der Waals surface area contributed by atoms with Crippen LogP contribution in [0.15, 0.2) is 73.4 Å². The summed E-state index contributed by atoms with van der Waals surface area (Å²) in [6.45, 7) is 3.54. The summed E-state index contributed by atoms with van der Waals surface area (Å²) < 4.78 is 27.3. The molecule has 0 saturated heterocycles. The lowest BCUT2D eigenvalue weighted by Gasteiger charge is -2.14. The number of benzene rings is 3. The molecule has 37 heavy (non-hydrogen) atoms. The maximum absolute atomic E-state index is 13.4. The number of fused-ring (bicyclic) bond motifs is 1. The molecule has 0 bridgehead atoms. The van der Waals surface area contributed by atoms with Gasteiger partial charge in [-0.25, -0.2) is 9.37 Å². The summed E-state index contributed by atoms with van der Waals surface area (Å²) in [5, 5.41) is 7.36. The summed E-state index contributed by atoms with van der Waals surface area (Å²) >= 11 is 6.83. The van der Waals surface area contributed by atoms with Crippen molar-refractivity contribution in [1.82, 2.24) is 9.66 Å². The molecule has 8 nitrogen and oxygen atoms in total. The summed E-state index contributed by atoms with van der Waals surface area (Å²) in [5.41, 5.74) is 1.23. The van der Waals surface area contributed by atoms with Gasteiger partial charge in [-0.1, -0.05) is 22.0 Å². The molecule has 0 radical (unpaired) electrons. The Bertz CT molecular complexity index is 1570. The standard InChI is InChI=1S/C26H21Br2FN4O4/c1-3-36-23-10-16(13-30-33-15(2)31-22-8-7-17(27)11-20(22)26(33)35)9-21(28)25(23)37-14-24(34)32-19-6-4-5-18(29)12-19/h4-13H,3,14H2,1-2H3,(H,32,34). The summed E-state index contributed by atoms with van der Waals surface area (Å²) in [6.07, 6.45) is 1.51. The average Bonchev–Trinajstić information content (AvgIpc) is 2.84. The van der Waals surface area contributed by atoms with Crippen LogP contribution in [-0.4, -0.2) is 35.0 Å². The molecule has 0 saturated carbocycles. The maximum atomic E-state index is 13.4. The summed E-state index contributed by atoms with van der Waals surface area (Å²) in [6, 6.07) is 14.3. The van der Waals surface area contributed by atoms with Crippen molar-refractivity contribution in [2.75, 3.05) is 18.5 Å². The maximum Gasteiger partial charge on any atom is 0.282 e. The van der Waals surface area contributed by atoms with Crippen molar-refractivity contribution in [3.8, 4) is 11.5 Å². The summed E-state index contributed by atoms with van der Waals surface area (Å²) in [5.74, 6) is 0.211. The summed E-state index contributed by atoms with van der Waals surface area (Å²) in [4.78, 5) is 29.8. The number of anilines is 1. The molecule has 11 heteroatoms. The number of amides is 1. The van der Waals surface area contributed by atoms with Crippen LogP contribution in [0.2, 0.25) is 0 Å². The van der Waals surface area contributed by atoms with Gasteiger partial charge in [0.2, 0.25) is 0 Å². The SMILES string of the molecule is CCOc1cc(C=Nn2c(C)nc3ccc(Br)cc3c2=O)cc(Br)c1OCC(=O)Nc1cccc(F)c1. The van der Waals surface area contributed by atoms with Crippen molar-refractivity contribution in [3.63, 3.8) is 0 Å². The van der Waals surface area contributed by atoms with Crippen LogP contribution in [0.1, 0.15) is 18.3 Å². The number of carbonyl (C=O) groups excluding carboxylic acids is 1. The van der Waals surface area contributed by atoms with E-state index in [-0.39, 0.29) is 12.2 Å². The molecule has 1 N–H and O–H groups in total. The Balaban J connectivity index is 1.57. The van der Waals surface area contributed by atoms with E-state index in [1.165, 1.54) is 29.1 Å². The second-order valence-corrected chi connectivity index (χ2v) is 9.56. The monoisotopic (exact) mass is 630 g/mol. The lowest BCUT2D eigenvalue weighted by Crippen LogP contribution is -2.21. The predicted octanol–water partition coefficient (Wildman–Crippen LogP) is 5.67. The highest BCUT2D eigenvalue weighted by molar-refractivity contribution is 9.10. The van der Waals surface area contributed by atoms with E-state index in [1.54, 1.807) is 37.3 Å². The molecule has 0 fully saturated rings. The number of aryl methyl sites for hydroxylation is 1. The zero-order valence-corrected chi connectivity index (χ0v) is 23.0. The first-order valence-electron chi connectivity index (χ1n) is 11.1. The second kappa shape index (κ2) is 11.7. The van der Waals surface area contributed by atoms with Gasteiger partial charge in [0.1, 0.15) is 11.6 Å². The van der Waals surface area contributed by atoms with E-state index in [9.17, 15) is 14.0 Å². The van der Waals surface area contributed by atoms with E-state index in [0.29, 0.717) is 50.6 Å². The van der Waals surface area contributed by atoms with E-state index in [0.717, 1.165) is 4.47 Å². The van der Waals surface area contributed by atoms with Crippen molar-refractivity contribution in [2.24, 2.45) is 5.10 Å². The van der Waals surface area contributed by atoms with Crippen molar-refractivity contribution in [1.29, 1.82) is 0 Å². The number of carbonyl (C=O) groups is 1. The van der Waals surface area contributed by atoms with Gasteiger partial charge in [0.05, 0.1) is 28.2 Å². The van der Waals surface area contributed by atoms with Gasteiger partial charge in [-0.05, 0) is 83.9 Å². The third-order valence-electron chi connectivity index (χ3n) is 5.08. The van der Waals surface area contributed by atoms with Gasteiger partial charge >= 0.3 is 0 Å².